The van der Waals surface area contributed by atoms with Crippen LogP contribution in [0.2, 0.25) is 0 Å². The van der Waals surface area contributed by atoms with E-state index >= 15 is 0 Å². The molecule has 3 rings (SSSR count). The van der Waals surface area contributed by atoms with E-state index in [1.54, 1.807) is 0 Å². The summed E-state index contributed by atoms with van der Waals surface area (Å²) in [7, 11) is 0. The van der Waals surface area contributed by atoms with Crippen LogP contribution in [0, 0.1) is 0 Å². The molecule has 0 amide bonds. The second-order valence-corrected chi connectivity index (χ2v) is 3.75. The average Bonchev–Trinajstić information content (AvgIpc) is 2.90. The zero-order chi connectivity index (χ0) is 11.5. The number of hydrogen-bond acceptors (Lipinski definition) is 2. The second kappa shape index (κ2) is 5.96. The molecule has 0 unspecified atom stereocenters. The third-order valence-corrected chi connectivity index (χ3v) is 2.64. The van der Waals surface area contributed by atoms with Crippen molar-refractivity contribution in [2.75, 3.05) is 0 Å². The molecule has 83 valence electrons. The van der Waals surface area contributed by atoms with Crippen molar-refractivity contribution in [1.82, 2.24) is 15.4 Å². The van der Waals surface area contributed by atoms with Crippen molar-refractivity contribution in [2.24, 2.45) is 0 Å². The summed E-state index contributed by atoms with van der Waals surface area (Å²) in [6.07, 6.45) is 0. The molecule has 3 nitrogen and oxygen atoms in total. The molecule has 0 aliphatic rings. The Labute approximate surface area is 128 Å². The number of nitrogens with zero attached hydrogens (tertiary/aromatic N) is 2. The van der Waals surface area contributed by atoms with Gasteiger partial charge in [0.2, 0.25) is 0 Å². The SMILES string of the molecule is [Na].c1ccc(-c2n[nH]nc2-c2ccccc2)cc1. The average molecular weight is 244 g/mol. The standard InChI is InChI=1S/C14H11N3.Na/c1-3-7-11(8-4-1)13-14(16-17-15-13)12-9-5-2-6-10-12;/h1-10H,(H,15,16,17);. The normalized spacial score (nSPS) is 9.78. The molecule has 18 heavy (non-hydrogen) atoms. The van der Waals surface area contributed by atoms with Crippen LogP contribution in [0.25, 0.3) is 22.5 Å². The van der Waals surface area contributed by atoms with Gasteiger partial charge in [-0.3, -0.25) is 0 Å². The van der Waals surface area contributed by atoms with Gasteiger partial charge in [-0.25, -0.2) is 0 Å². The van der Waals surface area contributed by atoms with Crippen LogP contribution in [0.5, 0.6) is 0 Å². The summed E-state index contributed by atoms with van der Waals surface area (Å²) in [5.74, 6) is 0. The molecule has 1 aromatic heterocycles. The zero-order valence-electron chi connectivity index (χ0n) is 10.2. The fourth-order valence-electron chi connectivity index (χ4n) is 1.83. The van der Waals surface area contributed by atoms with Crippen LogP contribution in [-0.4, -0.2) is 45.0 Å². The fourth-order valence-corrected chi connectivity index (χ4v) is 1.83. The fraction of sp³-hybridized carbons (Fsp3) is 0. The Hall–Kier alpha value is -1.42. The van der Waals surface area contributed by atoms with E-state index in [1.807, 2.05) is 60.7 Å². The van der Waals surface area contributed by atoms with Gasteiger partial charge in [-0.05, 0) is 0 Å². The molecule has 3 aromatic rings. The van der Waals surface area contributed by atoms with Crippen molar-refractivity contribution in [2.45, 2.75) is 0 Å². The number of H-pyrrole nitrogens is 1. The van der Waals surface area contributed by atoms with E-state index < -0.39 is 0 Å². The van der Waals surface area contributed by atoms with Gasteiger partial charge in [0.1, 0.15) is 11.4 Å². The van der Waals surface area contributed by atoms with E-state index in [0.717, 1.165) is 22.5 Å². The molecule has 2 aromatic carbocycles. The monoisotopic (exact) mass is 244 g/mol. The van der Waals surface area contributed by atoms with Crippen LogP contribution >= 0.6 is 0 Å². The van der Waals surface area contributed by atoms with Crippen molar-refractivity contribution in [3.63, 3.8) is 0 Å². The molecule has 0 bridgehead atoms. The summed E-state index contributed by atoms with van der Waals surface area (Å²) < 4.78 is 0. The minimum atomic E-state index is 0. The van der Waals surface area contributed by atoms with E-state index in [1.165, 1.54) is 0 Å². The third kappa shape index (κ3) is 2.53. The molecular weight excluding hydrogens is 233 g/mol. The van der Waals surface area contributed by atoms with Crippen molar-refractivity contribution >= 4 is 29.6 Å². The number of rotatable bonds is 2. The van der Waals surface area contributed by atoms with Crippen molar-refractivity contribution in [1.29, 1.82) is 0 Å². The molecular formula is C14H11N3Na. The van der Waals surface area contributed by atoms with Crippen LogP contribution in [0.15, 0.2) is 60.7 Å². The maximum atomic E-state index is 4.23. The predicted octanol–water partition coefficient (Wildman–Crippen LogP) is 2.76. The first-order chi connectivity index (χ1) is 8.45. The Morgan fingerprint density at radius 2 is 1.00 bits per heavy atom. The Kier molecular flexibility index (Phi) is 4.31. The van der Waals surface area contributed by atoms with Gasteiger partial charge in [0.05, 0.1) is 0 Å². The minimum absolute atomic E-state index is 0. The van der Waals surface area contributed by atoms with Gasteiger partial charge in [0.15, 0.2) is 0 Å². The van der Waals surface area contributed by atoms with Crippen molar-refractivity contribution in [3.05, 3.63) is 60.7 Å². The van der Waals surface area contributed by atoms with E-state index in [2.05, 4.69) is 15.4 Å². The first kappa shape index (κ1) is 13.0. The molecule has 1 heterocycles. The topological polar surface area (TPSA) is 41.6 Å². The van der Waals surface area contributed by atoms with Crippen molar-refractivity contribution in [3.8, 4) is 22.5 Å². The van der Waals surface area contributed by atoms with Crippen LogP contribution in [0.4, 0.5) is 0 Å². The van der Waals surface area contributed by atoms with Gasteiger partial charge in [-0.2, -0.15) is 15.4 Å². The summed E-state index contributed by atoms with van der Waals surface area (Å²) in [5, 5.41) is 11.1. The summed E-state index contributed by atoms with van der Waals surface area (Å²) >= 11 is 0. The van der Waals surface area contributed by atoms with E-state index in [0.29, 0.717) is 0 Å². The van der Waals surface area contributed by atoms with E-state index in [9.17, 15) is 0 Å². The number of aromatic nitrogens is 3. The third-order valence-electron chi connectivity index (χ3n) is 2.64. The molecule has 0 spiro atoms. The maximum absolute atomic E-state index is 4.23. The van der Waals surface area contributed by atoms with Crippen LogP contribution in [0.3, 0.4) is 0 Å². The molecule has 0 saturated heterocycles. The van der Waals surface area contributed by atoms with Crippen LogP contribution < -0.4 is 0 Å². The van der Waals surface area contributed by atoms with E-state index in [4.69, 9.17) is 0 Å². The summed E-state index contributed by atoms with van der Waals surface area (Å²) in [4.78, 5) is 0. The first-order valence-electron chi connectivity index (χ1n) is 5.47. The number of nitrogens with one attached hydrogen (secondary N) is 1. The largest absolute Gasteiger partial charge is 0.197 e. The molecule has 0 atom stereocenters. The van der Waals surface area contributed by atoms with Gasteiger partial charge < -0.3 is 0 Å². The van der Waals surface area contributed by atoms with Crippen LogP contribution in [0.1, 0.15) is 0 Å². The Morgan fingerprint density at radius 3 is 1.39 bits per heavy atom. The Morgan fingerprint density at radius 1 is 0.611 bits per heavy atom. The van der Waals surface area contributed by atoms with Gasteiger partial charge in [0.25, 0.3) is 0 Å². The van der Waals surface area contributed by atoms with Gasteiger partial charge in [-0.1, -0.05) is 60.7 Å². The number of aromatic amines is 1. The van der Waals surface area contributed by atoms with Crippen molar-refractivity contribution < 1.29 is 0 Å². The predicted molar refractivity (Wildman–Crippen MR) is 73.0 cm³/mol. The Bertz CT molecular complexity index is 551. The summed E-state index contributed by atoms with van der Waals surface area (Å²) in [5.41, 5.74) is 3.91. The summed E-state index contributed by atoms with van der Waals surface area (Å²) in [6, 6.07) is 20.1. The molecule has 1 radical (unpaired) electrons. The molecule has 1 N–H and O–H groups in total. The zero-order valence-corrected chi connectivity index (χ0v) is 12.2. The molecule has 0 fully saturated rings. The maximum Gasteiger partial charge on any atom is 0.120 e. The smallest absolute Gasteiger partial charge is 0.120 e. The second-order valence-electron chi connectivity index (χ2n) is 3.75. The molecule has 0 aliphatic heterocycles. The van der Waals surface area contributed by atoms with Gasteiger partial charge >= 0.3 is 0 Å². The van der Waals surface area contributed by atoms with Crippen LogP contribution in [-0.2, 0) is 0 Å². The molecule has 0 saturated carbocycles. The quantitative estimate of drug-likeness (QED) is 0.704. The number of benzene rings is 2. The summed E-state index contributed by atoms with van der Waals surface area (Å²) in [6.45, 7) is 0. The van der Waals surface area contributed by atoms with Gasteiger partial charge in [0, 0.05) is 40.7 Å². The minimum Gasteiger partial charge on any atom is -0.197 e. The molecule has 4 heteroatoms. The number of hydrogen-bond donors (Lipinski definition) is 1. The molecule has 0 aliphatic carbocycles. The first-order valence-corrected chi connectivity index (χ1v) is 5.47. The van der Waals surface area contributed by atoms with Gasteiger partial charge in [-0.15, -0.1) is 0 Å². The van der Waals surface area contributed by atoms with E-state index in [-0.39, 0.29) is 29.6 Å². The Balaban J connectivity index is 0.00000120.